The Balaban J connectivity index is 2.33. The van der Waals surface area contributed by atoms with Crippen LogP contribution in [0.5, 0.6) is 0 Å². The zero-order valence-electron chi connectivity index (χ0n) is 12.3. The minimum absolute atomic E-state index is 0.0585. The molecule has 1 amide bonds. The molecule has 1 fully saturated rings. The molecule has 1 aromatic carbocycles. The van der Waals surface area contributed by atoms with Gasteiger partial charge in [-0.25, -0.2) is 13.2 Å². The van der Waals surface area contributed by atoms with Crippen molar-refractivity contribution < 1.29 is 27.9 Å². The van der Waals surface area contributed by atoms with E-state index in [0.29, 0.717) is 0 Å². The van der Waals surface area contributed by atoms with Gasteiger partial charge in [-0.15, -0.1) is 0 Å². The number of nitrogens with zero attached hydrogens (tertiary/aromatic N) is 1. The van der Waals surface area contributed by atoms with Gasteiger partial charge >= 0.3 is 5.97 Å². The lowest BCUT2D eigenvalue weighted by Gasteiger charge is -2.20. The minimum atomic E-state index is -3.85. The molecule has 1 aromatic rings. The van der Waals surface area contributed by atoms with Crippen molar-refractivity contribution in [3.63, 3.8) is 0 Å². The molecule has 0 bridgehead atoms. The van der Waals surface area contributed by atoms with Crippen LogP contribution in [-0.2, 0) is 24.2 Å². The summed E-state index contributed by atoms with van der Waals surface area (Å²) in [6.45, 7) is -0.505. The number of sulfone groups is 1. The number of aliphatic carboxylic acids is 1. The van der Waals surface area contributed by atoms with Crippen LogP contribution in [0.1, 0.15) is 6.42 Å². The normalized spacial score (nSPS) is 21.4. The molecule has 1 heterocycles. The number of hydrogen-bond acceptors (Lipinski definition) is 5. The van der Waals surface area contributed by atoms with E-state index in [4.69, 9.17) is 16.3 Å². The Labute approximate surface area is 138 Å². The quantitative estimate of drug-likeness (QED) is 0.833. The molecule has 0 unspecified atom stereocenters. The number of halogens is 1. The highest BCUT2D eigenvalue weighted by Gasteiger charge is 2.45. The SMILES string of the molecule is COCC(=O)N1C[C@H](S(=O)(=O)c2ccccc2Cl)C[C@H]1C(=O)O. The first-order chi connectivity index (χ1) is 10.8. The Bertz CT molecular complexity index is 720. The van der Waals surface area contributed by atoms with Gasteiger partial charge in [0.15, 0.2) is 9.84 Å². The maximum absolute atomic E-state index is 12.7. The van der Waals surface area contributed by atoms with Crippen LogP contribution in [0.2, 0.25) is 5.02 Å². The molecule has 2 atom stereocenters. The molecular formula is C14H16ClNO6S. The lowest BCUT2D eigenvalue weighted by atomic mass is 10.2. The number of ether oxygens (including phenoxy) is 1. The minimum Gasteiger partial charge on any atom is -0.480 e. The first-order valence-corrected chi connectivity index (χ1v) is 8.71. The van der Waals surface area contributed by atoms with Gasteiger partial charge in [-0.3, -0.25) is 4.79 Å². The van der Waals surface area contributed by atoms with Crippen LogP contribution in [0.25, 0.3) is 0 Å². The second kappa shape index (κ2) is 6.86. The van der Waals surface area contributed by atoms with E-state index in [2.05, 4.69) is 0 Å². The summed E-state index contributed by atoms with van der Waals surface area (Å²) < 4.78 is 30.1. The molecule has 9 heteroatoms. The molecule has 0 aliphatic carbocycles. The first-order valence-electron chi connectivity index (χ1n) is 6.78. The maximum atomic E-state index is 12.7. The number of carboxylic acids is 1. The summed E-state index contributed by atoms with van der Waals surface area (Å²) in [5, 5.41) is 8.30. The Kier molecular flexibility index (Phi) is 5.28. The van der Waals surface area contributed by atoms with Gasteiger partial charge in [0.1, 0.15) is 12.6 Å². The average molecular weight is 362 g/mol. The molecule has 0 aromatic heterocycles. The van der Waals surface area contributed by atoms with Crippen LogP contribution >= 0.6 is 11.6 Å². The van der Waals surface area contributed by atoms with Gasteiger partial charge in [-0.1, -0.05) is 23.7 Å². The van der Waals surface area contributed by atoms with Gasteiger partial charge in [-0.05, 0) is 18.6 Å². The summed E-state index contributed by atoms with van der Waals surface area (Å²) >= 11 is 5.94. The van der Waals surface area contributed by atoms with Crippen LogP contribution in [-0.4, -0.2) is 61.9 Å². The molecule has 1 N–H and O–H groups in total. The summed E-state index contributed by atoms with van der Waals surface area (Å²) in [5.74, 6) is -1.80. The van der Waals surface area contributed by atoms with E-state index in [-0.39, 0.29) is 29.5 Å². The zero-order chi connectivity index (χ0) is 17.2. The number of carbonyl (C=O) groups is 2. The van der Waals surface area contributed by atoms with Crippen molar-refractivity contribution in [3.05, 3.63) is 29.3 Å². The molecule has 2 rings (SSSR count). The summed E-state index contributed by atoms with van der Waals surface area (Å²) in [5.41, 5.74) is 0. The van der Waals surface area contributed by atoms with E-state index in [1.807, 2.05) is 0 Å². The number of methoxy groups -OCH3 is 1. The molecule has 1 aliphatic rings. The fraction of sp³-hybridized carbons (Fsp3) is 0.429. The first kappa shape index (κ1) is 17.7. The van der Waals surface area contributed by atoms with Crippen molar-refractivity contribution >= 4 is 33.3 Å². The van der Waals surface area contributed by atoms with Gasteiger partial charge in [0.25, 0.3) is 0 Å². The van der Waals surface area contributed by atoms with Crippen molar-refractivity contribution in [1.82, 2.24) is 4.90 Å². The van der Waals surface area contributed by atoms with E-state index in [0.717, 1.165) is 4.90 Å². The Morgan fingerprint density at radius 2 is 2.04 bits per heavy atom. The summed E-state index contributed by atoms with van der Waals surface area (Å²) in [7, 11) is -2.54. The van der Waals surface area contributed by atoms with Crippen LogP contribution in [0.3, 0.4) is 0 Å². The highest BCUT2D eigenvalue weighted by atomic mass is 35.5. The summed E-state index contributed by atoms with van der Waals surface area (Å²) in [6, 6.07) is 4.76. The number of carboxylic acid groups (broad SMARTS) is 1. The molecule has 7 nitrogen and oxygen atoms in total. The van der Waals surface area contributed by atoms with E-state index < -0.39 is 33.0 Å². The lowest BCUT2D eigenvalue weighted by Crippen LogP contribution is -2.42. The van der Waals surface area contributed by atoms with E-state index in [1.165, 1.54) is 25.3 Å². The number of rotatable bonds is 5. The lowest BCUT2D eigenvalue weighted by molar-refractivity contribution is -0.149. The van der Waals surface area contributed by atoms with Gasteiger partial charge in [0.2, 0.25) is 5.91 Å². The molecular weight excluding hydrogens is 346 g/mol. The Morgan fingerprint density at radius 3 is 2.61 bits per heavy atom. The van der Waals surface area contributed by atoms with Crippen LogP contribution in [0.15, 0.2) is 29.2 Å². The molecule has 0 radical (unpaired) electrons. The predicted molar refractivity (Wildman–Crippen MR) is 82.1 cm³/mol. The summed E-state index contributed by atoms with van der Waals surface area (Å²) in [4.78, 5) is 24.3. The monoisotopic (exact) mass is 361 g/mol. The van der Waals surface area contributed by atoms with Crippen LogP contribution < -0.4 is 0 Å². The zero-order valence-corrected chi connectivity index (χ0v) is 13.9. The highest BCUT2D eigenvalue weighted by molar-refractivity contribution is 7.92. The molecule has 0 saturated carbocycles. The summed E-state index contributed by atoms with van der Waals surface area (Å²) in [6.07, 6.45) is -0.182. The molecule has 1 aliphatic heterocycles. The maximum Gasteiger partial charge on any atom is 0.326 e. The molecule has 0 spiro atoms. The fourth-order valence-corrected chi connectivity index (χ4v) is 4.81. The van der Waals surface area contributed by atoms with Crippen LogP contribution in [0.4, 0.5) is 0 Å². The largest absolute Gasteiger partial charge is 0.480 e. The number of carbonyl (C=O) groups excluding carboxylic acids is 1. The second-order valence-electron chi connectivity index (χ2n) is 5.17. The topological polar surface area (TPSA) is 101 Å². The fourth-order valence-electron chi connectivity index (χ4n) is 2.59. The highest BCUT2D eigenvalue weighted by Crippen LogP contribution is 2.31. The Hall–Kier alpha value is -1.64. The average Bonchev–Trinajstić information content (AvgIpc) is 2.94. The van der Waals surface area contributed by atoms with E-state index in [1.54, 1.807) is 6.07 Å². The smallest absolute Gasteiger partial charge is 0.326 e. The predicted octanol–water partition coefficient (Wildman–Crippen LogP) is 0.814. The van der Waals surface area contributed by atoms with Crippen molar-refractivity contribution in [1.29, 1.82) is 0 Å². The van der Waals surface area contributed by atoms with Gasteiger partial charge in [0.05, 0.1) is 15.2 Å². The van der Waals surface area contributed by atoms with Crippen molar-refractivity contribution in [3.8, 4) is 0 Å². The van der Waals surface area contributed by atoms with Gasteiger partial charge < -0.3 is 14.7 Å². The van der Waals surface area contributed by atoms with Crippen molar-refractivity contribution in [2.75, 3.05) is 20.3 Å². The van der Waals surface area contributed by atoms with Crippen molar-refractivity contribution in [2.24, 2.45) is 0 Å². The number of likely N-dealkylation sites (tertiary alicyclic amines) is 1. The number of hydrogen-bond donors (Lipinski definition) is 1. The number of amides is 1. The molecule has 23 heavy (non-hydrogen) atoms. The van der Waals surface area contributed by atoms with Gasteiger partial charge in [0, 0.05) is 13.7 Å². The molecule has 126 valence electrons. The second-order valence-corrected chi connectivity index (χ2v) is 7.77. The third-order valence-corrected chi connectivity index (χ3v) is 6.35. The third-order valence-electron chi connectivity index (χ3n) is 3.72. The van der Waals surface area contributed by atoms with Gasteiger partial charge in [-0.2, -0.15) is 0 Å². The van der Waals surface area contributed by atoms with Crippen molar-refractivity contribution in [2.45, 2.75) is 22.6 Å². The van der Waals surface area contributed by atoms with E-state index >= 15 is 0 Å². The Morgan fingerprint density at radius 1 is 1.39 bits per heavy atom. The molecule has 1 saturated heterocycles. The van der Waals surface area contributed by atoms with Crippen LogP contribution in [0, 0.1) is 0 Å². The standard InChI is InChI=1S/C14H16ClNO6S/c1-22-8-13(17)16-7-9(6-11(16)14(18)19)23(20,21)12-5-3-2-4-10(12)15/h2-5,9,11H,6-8H2,1H3,(H,18,19)/t9-,11+/m1/s1. The number of benzene rings is 1. The third kappa shape index (κ3) is 3.49. The van der Waals surface area contributed by atoms with E-state index in [9.17, 15) is 23.1 Å².